The van der Waals surface area contributed by atoms with Gasteiger partial charge in [-0.25, -0.2) is 0 Å². The number of benzene rings is 3. The fourth-order valence-corrected chi connectivity index (χ4v) is 7.21. The molecule has 1 saturated heterocycles. The molecule has 1 heterocycles. The zero-order valence-electron chi connectivity index (χ0n) is 15.3. The maximum Gasteiger partial charge on any atom is 0.143 e. The average molecular weight is 370 g/mol. The summed E-state index contributed by atoms with van der Waals surface area (Å²) in [7, 11) is -0.541. The summed E-state index contributed by atoms with van der Waals surface area (Å²) in [6, 6.07) is 32.2. The van der Waals surface area contributed by atoms with Crippen molar-refractivity contribution >= 4 is 19.5 Å². The highest BCUT2D eigenvalue weighted by molar-refractivity contribution is 7.70. The lowest BCUT2D eigenvalue weighted by atomic mass is 9.70. The highest BCUT2D eigenvalue weighted by atomic mass is 31.1. The first-order chi connectivity index (χ1) is 13.4. The zero-order valence-corrected chi connectivity index (χ0v) is 16.2. The molecule has 2 heteroatoms. The minimum Gasteiger partial charge on any atom is -0.299 e. The minimum atomic E-state index is -0.541. The van der Waals surface area contributed by atoms with E-state index in [1.54, 1.807) is 0 Å². The van der Waals surface area contributed by atoms with E-state index in [1.165, 1.54) is 21.7 Å². The van der Waals surface area contributed by atoms with Crippen LogP contribution in [-0.2, 0) is 10.2 Å². The summed E-state index contributed by atoms with van der Waals surface area (Å²) in [5.41, 5.74) is 2.34. The van der Waals surface area contributed by atoms with Crippen molar-refractivity contribution < 1.29 is 4.79 Å². The second-order valence-corrected chi connectivity index (χ2v) is 9.22. The molecule has 3 aromatic carbocycles. The normalized spacial score (nSPS) is 20.3. The molecule has 1 aliphatic heterocycles. The molecule has 1 fully saturated rings. The van der Waals surface area contributed by atoms with Gasteiger partial charge in [0.25, 0.3) is 0 Å². The van der Waals surface area contributed by atoms with E-state index in [2.05, 4.69) is 91.0 Å². The first kappa shape index (κ1) is 17.9. The van der Waals surface area contributed by atoms with E-state index in [4.69, 9.17) is 0 Å². The van der Waals surface area contributed by atoms with Gasteiger partial charge in [0.05, 0.1) is 0 Å². The van der Waals surface area contributed by atoms with Gasteiger partial charge in [0.15, 0.2) is 0 Å². The van der Waals surface area contributed by atoms with Gasteiger partial charge in [-0.15, -0.1) is 0 Å². The van der Waals surface area contributed by atoms with Crippen molar-refractivity contribution in [1.29, 1.82) is 0 Å². The molecule has 4 rings (SSSR count). The number of aldehydes is 1. The summed E-state index contributed by atoms with van der Waals surface area (Å²) in [5, 5.41) is 2.64. The fraction of sp³-hybridized carbons (Fsp3) is 0.160. The van der Waals surface area contributed by atoms with E-state index in [0.29, 0.717) is 0 Å². The van der Waals surface area contributed by atoms with Crippen LogP contribution in [0.5, 0.6) is 0 Å². The van der Waals surface area contributed by atoms with Crippen LogP contribution in [0.4, 0.5) is 0 Å². The van der Waals surface area contributed by atoms with Crippen molar-refractivity contribution in [2.75, 3.05) is 6.16 Å². The summed E-state index contributed by atoms with van der Waals surface area (Å²) in [6.07, 6.45) is 6.17. The summed E-state index contributed by atoms with van der Waals surface area (Å²) in [6.45, 7) is 0. The Labute approximate surface area is 162 Å². The molecule has 0 saturated carbocycles. The van der Waals surface area contributed by atoms with Crippen LogP contribution >= 0.6 is 7.92 Å². The molecule has 0 bridgehead atoms. The highest BCUT2D eigenvalue weighted by Crippen LogP contribution is 2.61. The number of rotatable bonds is 4. The third-order valence-electron chi connectivity index (χ3n) is 5.49. The predicted molar refractivity (Wildman–Crippen MR) is 115 cm³/mol. The minimum absolute atomic E-state index is 0.233. The fourth-order valence-electron chi connectivity index (χ4n) is 4.35. The Hall–Kier alpha value is -2.50. The molecule has 1 atom stereocenters. The van der Waals surface area contributed by atoms with E-state index in [1.807, 2.05) is 6.08 Å². The maximum atomic E-state index is 11.7. The predicted octanol–water partition coefficient (Wildman–Crippen LogP) is 5.66. The lowest BCUT2D eigenvalue weighted by Crippen LogP contribution is -2.35. The Morgan fingerprint density at radius 2 is 1.26 bits per heavy atom. The second-order valence-electron chi connectivity index (χ2n) is 6.92. The van der Waals surface area contributed by atoms with Crippen molar-refractivity contribution in [1.82, 2.24) is 0 Å². The van der Waals surface area contributed by atoms with Crippen LogP contribution in [0.2, 0.25) is 0 Å². The molecule has 27 heavy (non-hydrogen) atoms. The number of hydrogen-bond acceptors (Lipinski definition) is 1. The van der Waals surface area contributed by atoms with Gasteiger partial charge in [-0.2, -0.15) is 0 Å². The Morgan fingerprint density at radius 1 is 0.741 bits per heavy atom. The molecule has 0 aromatic heterocycles. The SMILES string of the molecule is O=CC=C1P(c2ccccc2)CCCC1(c1ccccc1)c1ccccc1. The van der Waals surface area contributed by atoms with Crippen LogP contribution in [0.3, 0.4) is 0 Å². The largest absolute Gasteiger partial charge is 0.299 e. The Morgan fingerprint density at radius 3 is 1.78 bits per heavy atom. The van der Waals surface area contributed by atoms with E-state index in [-0.39, 0.29) is 5.41 Å². The van der Waals surface area contributed by atoms with Crippen LogP contribution in [0, 0.1) is 0 Å². The lowest BCUT2D eigenvalue weighted by Gasteiger charge is -2.45. The number of hydrogen-bond donors (Lipinski definition) is 0. The molecule has 0 spiro atoms. The molecule has 1 aliphatic rings. The topological polar surface area (TPSA) is 17.1 Å². The van der Waals surface area contributed by atoms with Crippen molar-refractivity contribution in [3.63, 3.8) is 0 Å². The average Bonchev–Trinajstić information content (AvgIpc) is 2.76. The number of carbonyl (C=O) groups excluding carboxylic acids is 1. The molecule has 1 unspecified atom stereocenters. The molecule has 3 aromatic rings. The molecule has 0 radical (unpaired) electrons. The van der Waals surface area contributed by atoms with Crippen molar-refractivity contribution in [3.05, 3.63) is 114 Å². The smallest absolute Gasteiger partial charge is 0.143 e. The molecule has 134 valence electrons. The summed E-state index contributed by atoms with van der Waals surface area (Å²) < 4.78 is 0. The lowest BCUT2D eigenvalue weighted by molar-refractivity contribution is -0.104. The third-order valence-corrected chi connectivity index (χ3v) is 8.29. The Balaban J connectivity index is 1.96. The summed E-state index contributed by atoms with van der Waals surface area (Å²) in [5.74, 6) is 0. The number of allylic oxidation sites excluding steroid dienone is 2. The van der Waals surface area contributed by atoms with Crippen molar-refractivity contribution in [3.8, 4) is 0 Å². The van der Waals surface area contributed by atoms with Gasteiger partial charge < -0.3 is 0 Å². The molecular formula is C25H23OP. The van der Waals surface area contributed by atoms with E-state index in [0.717, 1.165) is 25.3 Å². The first-order valence-corrected chi connectivity index (χ1v) is 11.0. The highest BCUT2D eigenvalue weighted by Gasteiger charge is 2.43. The molecule has 0 aliphatic carbocycles. The van der Waals surface area contributed by atoms with E-state index >= 15 is 0 Å². The van der Waals surface area contributed by atoms with Crippen LogP contribution < -0.4 is 5.30 Å². The Bertz CT molecular complexity index is 877. The molecule has 1 nitrogen and oxygen atoms in total. The van der Waals surface area contributed by atoms with E-state index in [9.17, 15) is 4.79 Å². The van der Waals surface area contributed by atoms with Crippen molar-refractivity contribution in [2.24, 2.45) is 0 Å². The van der Waals surface area contributed by atoms with Gasteiger partial charge in [0.1, 0.15) is 6.29 Å². The first-order valence-electron chi connectivity index (χ1n) is 9.46. The molecule has 0 amide bonds. The standard InChI is InChI=1S/C25H23OP/c26-19-17-24-25(21-11-4-1-5-12-21,22-13-6-2-7-14-22)18-10-20-27(24)23-15-8-3-9-16-23/h1-9,11-17,19H,10,18,20H2. The van der Waals surface area contributed by atoms with Crippen molar-refractivity contribution in [2.45, 2.75) is 18.3 Å². The van der Waals surface area contributed by atoms with Gasteiger partial charge in [-0.1, -0.05) is 91.0 Å². The molecular weight excluding hydrogens is 347 g/mol. The van der Waals surface area contributed by atoms with Gasteiger partial charge in [-0.05, 0) is 54.7 Å². The number of carbonyl (C=O) groups is 1. The second kappa shape index (κ2) is 8.03. The van der Waals surface area contributed by atoms with Gasteiger partial charge in [0.2, 0.25) is 0 Å². The van der Waals surface area contributed by atoms with Gasteiger partial charge >= 0.3 is 0 Å². The third kappa shape index (κ3) is 3.29. The molecule has 0 N–H and O–H groups in total. The summed E-state index contributed by atoms with van der Waals surface area (Å²) in [4.78, 5) is 11.7. The van der Waals surface area contributed by atoms with Gasteiger partial charge in [-0.3, -0.25) is 4.79 Å². The van der Waals surface area contributed by atoms with Crippen LogP contribution in [-0.4, -0.2) is 12.4 Å². The Kier molecular flexibility index (Phi) is 5.32. The monoisotopic (exact) mass is 370 g/mol. The van der Waals surface area contributed by atoms with Gasteiger partial charge in [0, 0.05) is 5.41 Å². The maximum absolute atomic E-state index is 11.7. The quantitative estimate of drug-likeness (QED) is 0.329. The van der Waals surface area contributed by atoms with Crippen LogP contribution in [0.15, 0.2) is 102 Å². The van der Waals surface area contributed by atoms with Crippen LogP contribution in [0.25, 0.3) is 0 Å². The van der Waals surface area contributed by atoms with E-state index < -0.39 is 7.92 Å². The zero-order chi connectivity index (χ0) is 18.5. The summed E-state index contributed by atoms with van der Waals surface area (Å²) >= 11 is 0. The van der Waals surface area contributed by atoms with Crippen LogP contribution in [0.1, 0.15) is 24.0 Å².